The number of benzene rings is 2. The molecule has 2 aromatic rings. The van der Waals surface area contributed by atoms with Crippen LogP contribution in [0.1, 0.15) is 49.7 Å². The smallest absolute Gasteiger partial charge is 0.108 e. The topological polar surface area (TPSA) is 24.4 Å². The molecule has 1 aliphatic carbocycles. The second-order valence-corrected chi connectivity index (χ2v) is 8.97. The number of halogens is 3. The minimum absolute atomic E-state index is 0.0687. The summed E-state index contributed by atoms with van der Waals surface area (Å²) in [5, 5.41) is 5.57. The molecule has 0 radical (unpaired) electrons. The Labute approximate surface area is 175 Å². The van der Waals surface area contributed by atoms with Gasteiger partial charge in [-0.3, -0.25) is 4.99 Å². The van der Waals surface area contributed by atoms with E-state index in [0.717, 1.165) is 41.4 Å². The predicted octanol–water partition coefficient (Wildman–Crippen LogP) is 7.55. The minimum atomic E-state index is 0.0687. The summed E-state index contributed by atoms with van der Waals surface area (Å²) in [5.74, 6) is 1.09. The highest BCUT2D eigenvalue weighted by Crippen LogP contribution is 2.45. The molecule has 1 heterocycles. The standard InChI is InChI=1S/C22H23Cl3N2/c23-17-7-5-6-15(10-17)14-26-21-22(8-3-1-2-4-9-22)13-16-11-18(24)19(25)12-20(16)27-21/h5-7,10-12H,1-4,8-9,13-14H2,(H,26,27). The van der Waals surface area contributed by atoms with Crippen LogP contribution in [0.5, 0.6) is 0 Å². The molecule has 0 atom stereocenters. The number of amidine groups is 1. The Hall–Kier alpha value is -1.22. The van der Waals surface area contributed by atoms with Gasteiger partial charge in [0.1, 0.15) is 5.84 Å². The van der Waals surface area contributed by atoms with Gasteiger partial charge in [0, 0.05) is 16.1 Å². The fourth-order valence-electron chi connectivity index (χ4n) is 4.39. The summed E-state index contributed by atoms with van der Waals surface area (Å²) in [6.07, 6.45) is 8.39. The summed E-state index contributed by atoms with van der Waals surface area (Å²) in [7, 11) is 0. The molecule has 1 N–H and O–H groups in total. The van der Waals surface area contributed by atoms with E-state index in [4.69, 9.17) is 39.8 Å². The highest BCUT2D eigenvalue weighted by Gasteiger charge is 2.40. The number of fused-ring (bicyclic) bond motifs is 1. The molecule has 0 unspecified atom stereocenters. The quantitative estimate of drug-likeness (QED) is 0.531. The van der Waals surface area contributed by atoms with E-state index in [1.165, 1.54) is 31.2 Å². The SMILES string of the molecule is Clc1cccc(CN=C2Nc3cc(Cl)c(Cl)cc3CC23CCCCCC3)c1. The van der Waals surface area contributed by atoms with Crippen LogP contribution in [0.3, 0.4) is 0 Å². The number of aliphatic imine (C=N–C) groups is 1. The Morgan fingerprint density at radius 2 is 1.67 bits per heavy atom. The Kier molecular flexibility index (Phi) is 5.68. The first-order valence-corrected chi connectivity index (χ1v) is 10.7. The van der Waals surface area contributed by atoms with Crippen molar-refractivity contribution in [2.75, 3.05) is 5.32 Å². The maximum Gasteiger partial charge on any atom is 0.108 e. The number of hydrogen-bond acceptors (Lipinski definition) is 1. The molecule has 1 fully saturated rings. The largest absolute Gasteiger partial charge is 0.343 e. The lowest BCUT2D eigenvalue weighted by Gasteiger charge is -2.40. The number of rotatable bonds is 2. The van der Waals surface area contributed by atoms with Gasteiger partial charge in [-0.2, -0.15) is 0 Å². The molecule has 142 valence electrons. The highest BCUT2D eigenvalue weighted by atomic mass is 35.5. The number of nitrogens with one attached hydrogen (secondary N) is 1. The van der Waals surface area contributed by atoms with Crippen molar-refractivity contribution in [2.45, 2.75) is 51.5 Å². The predicted molar refractivity (Wildman–Crippen MR) is 117 cm³/mol. The summed E-state index contributed by atoms with van der Waals surface area (Å²) >= 11 is 18.7. The van der Waals surface area contributed by atoms with Crippen LogP contribution in [0.4, 0.5) is 5.69 Å². The summed E-state index contributed by atoms with van der Waals surface area (Å²) in [6.45, 7) is 0.626. The third-order valence-electron chi connectivity index (χ3n) is 5.80. The third-order valence-corrected chi connectivity index (χ3v) is 6.76. The Bertz CT molecular complexity index is 868. The van der Waals surface area contributed by atoms with Crippen LogP contribution in [-0.4, -0.2) is 5.84 Å². The lowest BCUT2D eigenvalue weighted by molar-refractivity contribution is 0.354. The monoisotopic (exact) mass is 420 g/mol. The van der Waals surface area contributed by atoms with Gasteiger partial charge in [0.05, 0.1) is 16.6 Å². The highest BCUT2D eigenvalue weighted by molar-refractivity contribution is 6.42. The molecular formula is C22H23Cl3N2. The van der Waals surface area contributed by atoms with Crippen LogP contribution in [0, 0.1) is 5.41 Å². The maximum absolute atomic E-state index is 6.30. The van der Waals surface area contributed by atoms with Crippen LogP contribution in [0.2, 0.25) is 15.1 Å². The Balaban J connectivity index is 1.71. The van der Waals surface area contributed by atoms with Crippen molar-refractivity contribution >= 4 is 46.3 Å². The van der Waals surface area contributed by atoms with Crippen molar-refractivity contribution < 1.29 is 0 Å². The molecule has 1 aliphatic heterocycles. The molecule has 1 spiro atoms. The third kappa shape index (κ3) is 4.13. The van der Waals surface area contributed by atoms with Crippen LogP contribution in [-0.2, 0) is 13.0 Å². The zero-order chi connectivity index (χ0) is 18.9. The second kappa shape index (κ2) is 8.03. The first kappa shape index (κ1) is 19.1. The van der Waals surface area contributed by atoms with Crippen LogP contribution in [0.25, 0.3) is 0 Å². The van der Waals surface area contributed by atoms with Gasteiger partial charge in [0.2, 0.25) is 0 Å². The zero-order valence-electron chi connectivity index (χ0n) is 15.2. The van der Waals surface area contributed by atoms with Crippen molar-refractivity contribution in [1.29, 1.82) is 0 Å². The fourth-order valence-corrected chi connectivity index (χ4v) is 4.95. The molecule has 27 heavy (non-hydrogen) atoms. The summed E-state index contributed by atoms with van der Waals surface area (Å²) < 4.78 is 0. The van der Waals surface area contributed by atoms with Gasteiger partial charge in [-0.1, -0.05) is 72.6 Å². The van der Waals surface area contributed by atoms with Crippen molar-refractivity contribution in [1.82, 2.24) is 0 Å². The molecule has 2 aliphatic rings. The molecule has 1 saturated carbocycles. The Morgan fingerprint density at radius 1 is 0.926 bits per heavy atom. The summed E-state index contributed by atoms with van der Waals surface area (Å²) in [4.78, 5) is 5.03. The molecule has 4 rings (SSSR count). The van der Waals surface area contributed by atoms with Crippen LogP contribution < -0.4 is 5.32 Å². The van der Waals surface area contributed by atoms with Crippen molar-refractivity contribution in [3.8, 4) is 0 Å². The van der Waals surface area contributed by atoms with E-state index < -0.39 is 0 Å². The Morgan fingerprint density at radius 3 is 2.41 bits per heavy atom. The van der Waals surface area contributed by atoms with E-state index in [0.29, 0.717) is 16.6 Å². The number of nitrogens with zero attached hydrogens (tertiary/aromatic N) is 1. The maximum atomic E-state index is 6.30. The molecule has 0 saturated heterocycles. The van der Waals surface area contributed by atoms with E-state index in [9.17, 15) is 0 Å². The van der Waals surface area contributed by atoms with Gasteiger partial charge in [-0.25, -0.2) is 0 Å². The normalized spacial score (nSPS) is 20.2. The average Bonchev–Trinajstić information content (AvgIpc) is 2.88. The van der Waals surface area contributed by atoms with Gasteiger partial charge in [0.25, 0.3) is 0 Å². The first-order valence-electron chi connectivity index (χ1n) is 9.60. The van der Waals surface area contributed by atoms with E-state index in [1.54, 1.807) is 0 Å². The molecule has 0 amide bonds. The molecule has 0 bridgehead atoms. The molecule has 0 aromatic heterocycles. The summed E-state index contributed by atoms with van der Waals surface area (Å²) in [6, 6.07) is 11.9. The molecule has 2 aromatic carbocycles. The zero-order valence-corrected chi connectivity index (χ0v) is 17.5. The van der Waals surface area contributed by atoms with E-state index >= 15 is 0 Å². The average molecular weight is 422 g/mol. The van der Waals surface area contributed by atoms with Crippen molar-refractivity contribution in [3.05, 3.63) is 62.6 Å². The van der Waals surface area contributed by atoms with E-state index in [1.807, 2.05) is 30.3 Å². The van der Waals surface area contributed by atoms with E-state index in [2.05, 4.69) is 11.4 Å². The van der Waals surface area contributed by atoms with Gasteiger partial charge < -0.3 is 5.32 Å². The number of anilines is 1. The lowest BCUT2D eigenvalue weighted by Crippen LogP contribution is -2.42. The van der Waals surface area contributed by atoms with Gasteiger partial charge >= 0.3 is 0 Å². The fraction of sp³-hybridized carbons (Fsp3) is 0.409. The minimum Gasteiger partial charge on any atom is -0.343 e. The van der Waals surface area contributed by atoms with Gasteiger partial charge in [0.15, 0.2) is 0 Å². The van der Waals surface area contributed by atoms with Crippen molar-refractivity contribution in [2.24, 2.45) is 10.4 Å². The van der Waals surface area contributed by atoms with Crippen molar-refractivity contribution in [3.63, 3.8) is 0 Å². The van der Waals surface area contributed by atoms with E-state index in [-0.39, 0.29) is 5.41 Å². The molecule has 2 nitrogen and oxygen atoms in total. The van der Waals surface area contributed by atoms with Crippen LogP contribution >= 0.6 is 34.8 Å². The van der Waals surface area contributed by atoms with Gasteiger partial charge in [-0.15, -0.1) is 0 Å². The first-order chi connectivity index (χ1) is 13.1. The molecular weight excluding hydrogens is 399 g/mol. The molecule has 5 heteroatoms. The summed E-state index contributed by atoms with van der Waals surface area (Å²) in [5.41, 5.74) is 3.47. The second-order valence-electron chi connectivity index (χ2n) is 7.71. The van der Waals surface area contributed by atoms with Crippen LogP contribution in [0.15, 0.2) is 41.4 Å². The lowest BCUT2D eigenvalue weighted by atomic mass is 9.72. The number of hydrogen-bond donors (Lipinski definition) is 1. The van der Waals surface area contributed by atoms with Gasteiger partial charge in [-0.05, 0) is 54.7 Å².